The second-order valence-corrected chi connectivity index (χ2v) is 6.10. The van der Waals surface area contributed by atoms with E-state index in [1.54, 1.807) is 13.2 Å². The third-order valence-electron chi connectivity index (χ3n) is 3.37. The largest absolute Gasteiger partial charge is 0.469 e. The third kappa shape index (κ3) is 2.77. The summed E-state index contributed by atoms with van der Waals surface area (Å²) < 4.78 is 5.29. The zero-order chi connectivity index (χ0) is 14.9. The molecule has 1 aromatic heterocycles. The summed E-state index contributed by atoms with van der Waals surface area (Å²) >= 11 is 0. The Bertz CT molecular complexity index is 613. The molecule has 2 aromatic rings. The van der Waals surface area contributed by atoms with Gasteiger partial charge in [-0.3, -0.25) is 4.79 Å². The van der Waals surface area contributed by atoms with Gasteiger partial charge in [0.2, 0.25) is 0 Å². The normalized spacial score (nSPS) is 11.4. The lowest BCUT2D eigenvalue weighted by Crippen LogP contribution is -2.19. The van der Waals surface area contributed by atoms with Crippen molar-refractivity contribution < 1.29 is 9.21 Å². The molecule has 0 radical (unpaired) electrons. The van der Waals surface area contributed by atoms with Gasteiger partial charge in [0.05, 0.1) is 11.8 Å². The Balaban J connectivity index is 2.34. The molecule has 0 aliphatic heterocycles. The van der Waals surface area contributed by atoms with Crippen molar-refractivity contribution in [3.05, 3.63) is 53.0 Å². The smallest absolute Gasteiger partial charge is 0.259 e. The van der Waals surface area contributed by atoms with Crippen LogP contribution in [-0.2, 0) is 5.41 Å². The Labute approximate surface area is 120 Å². The molecule has 0 spiro atoms. The lowest BCUT2D eigenvalue weighted by atomic mass is 9.86. The molecule has 1 heterocycles. The minimum Gasteiger partial charge on any atom is -0.469 e. The quantitative estimate of drug-likeness (QED) is 0.877. The minimum atomic E-state index is -0.120. The summed E-state index contributed by atoms with van der Waals surface area (Å²) in [5.74, 6) is 0.527. The summed E-state index contributed by atoms with van der Waals surface area (Å²) in [7, 11) is 0. The maximum atomic E-state index is 12.4. The molecule has 3 nitrogen and oxygen atoms in total. The molecule has 0 saturated heterocycles. The van der Waals surface area contributed by atoms with E-state index in [9.17, 15) is 4.79 Å². The van der Waals surface area contributed by atoms with Crippen LogP contribution < -0.4 is 5.32 Å². The molecule has 0 aliphatic rings. The lowest BCUT2D eigenvalue weighted by Gasteiger charge is -2.23. The summed E-state index contributed by atoms with van der Waals surface area (Å²) in [5.41, 5.74) is 3.42. The van der Waals surface area contributed by atoms with Gasteiger partial charge >= 0.3 is 0 Å². The predicted octanol–water partition coefficient (Wildman–Crippen LogP) is 4.45. The fourth-order valence-corrected chi connectivity index (χ4v) is 2.34. The van der Waals surface area contributed by atoms with E-state index in [1.165, 1.54) is 0 Å². The van der Waals surface area contributed by atoms with E-state index in [1.807, 2.05) is 31.2 Å². The van der Waals surface area contributed by atoms with Crippen molar-refractivity contribution in [1.29, 1.82) is 0 Å². The number of anilines is 1. The zero-order valence-electron chi connectivity index (χ0n) is 12.7. The first-order valence-corrected chi connectivity index (χ1v) is 6.76. The number of rotatable bonds is 2. The van der Waals surface area contributed by atoms with Gasteiger partial charge in [0.25, 0.3) is 5.91 Å². The summed E-state index contributed by atoms with van der Waals surface area (Å²) in [4.78, 5) is 12.4. The van der Waals surface area contributed by atoms with Crippen molar-refractivity contribution >= 4 is 11.6 Å². The van der Waals surface area contributed by atoms with Gasteiger partial charge in [0, 0.05) is 11.3 Å². The molecule has 0 aliphatic carbocycles. The van der Waals surface area contributed by atoms with Gasteiger partial charge in [-0.1, -0.05) is 39.0 Å². The van der Waals surface area contributed by atoms with Gasteiger partial charge in [-0.15, -0.1) is 0 Å². The SMILES string of the molecule is Cc1coc(C)c1C(=O)Nc1ccccc1C(C)(C)C. The highest BCUT2D eigenvalue weighted by molar-refractivity contribution is 6.06. The number of para-hydroxylation sites is 1. The van der Waals surface area contributed by atoms with Crippen LogP contribution in [0.4, 0.5) is 5.69 Å². The Morgan fingerprint density at radius 3 is 2.35 bits per heavy atom. The number of nitrogens with one attached hydrogen (secondary N) is 1. The fourth-order valence-electron chi connectivity index (χ4n) is 2.34. The fraction of sp³-hybridized carbons (Fsp3) is 0.353. The van der Waals surface area contributed by atoms with Crippen LogP contribution in [0.2, 0.25) is 0 Å². The van der Waals surface area contributed by atoms with Gasteiger partial charge in [-0.25, -0.2) is 0 Å². The molecular formula is C17H21NO2. The van der Waals surface area contributed by atoms with Gasteiger partial charge in [0.1, 0.15) is 5.76 Å². The highest BCUT2D eigenvalue weighted by atomic mass is 16.3. The van der Waals surface area contributed by atoms with Crippen molar-refractivity contribution in [2.45, 2.75) is 40.0 Å². The van der Waals surface area contributed by atoms with Crippen LogP contribution in [0.25, 0.3) is 0 Å². The number of carbonyl (C=O) groups is 1. The van der Waals surface area contributed by atoms with Gasteiger partial charge < -0.3 is 9.73 Å². The molecule has 106 valence electrons. The van der Waals surface area contributed by atoms with Crippen molar-refractivity contribution in [3.63, 3.8) is 0 Å². The number of hydrogen-bond acceptors (Lipinski definition) is 2. The number of furan rings is 1. The number of hydrogen-bond donors (Lipinski definition) is 1. The van der Waals surface area contributed by atoms with Crippen molar-refractivity contribution in [3.8, 4) is 0 Å². The minimum absolute atomic E-state index is 0.0235. The highest BCUT2D eigenvalue weighted by Crippen LogP contribution is 2.30. The summed E-state index contributed by atoms with van der Waals surface area (Å²) in [6, 6.07) is 7.90. The van der Waals surface area contributed by atoms with Gasteiger partial charge in [0.15, 0.2) is 0 Å². The van der Waals surface area contributed by atoms with E-state index >= 15 is 0 Å². The topological polar surface area (TPSA) is 42.2 Å². The molecule has 3 heteroatoms. The first-order valence-electron chi connectivity index (χ1n) is 6.76. The number of benzene rings is 1. The summed E-state index contributed by atoms with van der Waals surface area (Å²) in [6.45, 7) is 10.1. The summed E-state index contributed by atoms with van der Waals surface area (Å²) in [5, 5.41) is 3.00. The second-order valence-electron chi connectivity index (χ2n) is 6.10. The highest BCUT2D eigenvalue weighted by Gasteiger charge is 2.21. The first kappa shape index (κ1) is 14.4. The van der Waals surface area contributed by atoms with Crippen LogP contribution in [-0.4, -0.2) is 5.91 Å². The molecule has 0 atom stereocenters. The molecule has 1 amide bonds. The average molecular weight is 271 g/mol. The monoisotopic (exact) mass is 271 g/mol. The average Bonchev–Trinajstić information content (AvgIpc) is 2.68. The molecule has 2 rings (SSSR count). The number of aryl methyl sites for hydroxylation is 2. The van der Waals surface area contributed by atoms with E-state index < -0.39 is 0 Å². The molecule has 20 heavy (non-hydrogen) atoms. The number of amides is 1. The van der Waals surface area contributed by atoms with Crippen molar-refractivity contribution in [2.24, 2.45) is 0 Å². The lowest BCUT2D eigenvalue weighted by molar-refractivity contribution is 0.102. The molecule has 0 fully saturated rings. The van der Waals surface area contributed by atoms with Crippen molar-refractivity contribution in [2.75, 3.05) is 5.32 Å². The van der Waals surface area contributed by atoms with E-state index in [0.29, 0.717) is 11.3 Å². The van der Waals surface area contributed by atoms with E-state index in [4.69, 9.17) is 4.42 Å². The van der Waals surface area contributed by atoms with Crippen LogP contribution >= 0.6 is 0 Å². The van der Waals surface area contributed by atoms with E-state index in [2.05, 4.69) is 26.1 Å². The van der Waals surface area contributed by atoms with Crippen LogP contribution in [0.5, 0.6) is 0 Å². The molecule has 0 bridgehead atoms. The van der Waals surface area contributed by atoms with Crippen LogP contribution in [0, 0.1) is 13.8 Å². The second kappa shape index (κ2) is 5.16. The van der Waals surface area contributed by atoms with Gasteiger partial charge in [-0.05, 0) is 30.9 Å². The van der Waals surface area contributed by atoms with Crippen molar-refractivity contribution in [1.82, 2.24) is 0 Å². The third-order valence-corrected chi connectivity index (χ3v) is 3.37. The van der Waals surface area contributed by atoms with Crippen LogP contribution in [0.3, 0.4) is 0 Å². The number of carbonyl (C=O) groups excluding carboxylic acids is 1. The standard InChI is InChI=1S/C17H21NO2/c1-11-10-20-12(2)15(11)16(19)18-14-9-7-6-8-13(14)17(3,4)5/h6-10H,1-5H3,(H,18,19). The Morgan fingerprint density at radius 2 is 1.80 bits per heavy atom. The molecular weight excluding hydrogens is 250 g/mol. The Kier molecular flexibility index (Phi) is 3.71. The summed E-state index contributed by atoms with van der Waals surface area (Å²) in [6.07, 6.45) is 1.61. The molecule has 0 saturated carbocycles. The van der Waals surface area contributed by atoms with Gasteiger partial charge in [-0.2, -0.15) is 0 Å². The zero-order valence-corrected chi connectivity index (χ0v) is 12.7. The maximum absolute atomic E-state index is 12.4. The predicted molar refractivity (Wildman–Crippen MR) is 81.3 cm³/mol. The van der Waals surface area contributed by atoms with E-state index in [0.717, 1.165) is 16.8 Å². The maximum Gasteiger partial charge on any atom is 0.259 e. The first-order chi connectivity index (χ1) is 9.30. The molecule has 0 unspecified atom stereocenters. The molecule has 1 aromatic carbocycles. The van der Waals surface area contributed by atoms with E-state index in [-0.39, 0.29) is 11.3 Å². The Morgan fingerprint density at radius 1 is 1.15 bits per heavy atom. The van der Waals surface area contributed by atoms with Crippen LogP contribution in [0.1, 0.15) is 48.0 Å². The molecule has 1 N–H and O–H groups in total. The van der Waals surface area contributed by atoms with Crippen LogP contribution in [0.15, 0.2) is 34.9 Å². The Hall–Kier alpha value is -2.03.